The van der Waals surface area contributed by atoms with Gasteiger partial charge in [-0.3, -0.25) is 0 Å². The van der Waals surface area contributed by atoms with Crippen LogP contribution in [0.2, 0.25) is 10.0 Å². The second kappa shape index (κ2) is 6.71. The third-order valence-corrected chi connectivity index (χ3v) is 4.59. The first-order chi connectivity index (χ1) is 10.1. The number of benzene rings is 1. The molecule has 3 rings (SSSR count). The first kappa shape index (κ1) is 15.4. The van der Waals surface area contributed by atoms with Crippen LogP contribution in [-0.2, 0) is 4.74 Å². The fraction of sp³-hybridized carbons (Fsp3) is 0.600. The van der Waals surface area contributed by atoms with Crippen LogP contribution in [0.1, 0.15) is 19.3 Å². The minimum Gasteiger partial charge on any atom is -0.489 e. The maximum Gasteiger partial charge on any atom is 0.139 e. The molecule has 4 atom stereocenters. The molecule has 21 heavy (non-hydrogen) atoms. The number of hydrogen-bond donors (Lipinski definition) is 2. The predicted octanol–water partition coefficient (Wildman–Crippen LogP) is 2.64. The molecule has 2 saturated heterocycles. The van der Waals surface area contributed by atoms with E-state index in [4.69, 9.17) is 32.7 Å². The predicted molar refractivity (Wildman–Crippen MR) is 82.3 cm³/mol. The zero-order chi connectivity index (χ0) is 14.8. The van der Waals surface area contributed by atoms with E-state index in [0.717, 1.165) is 12.8 Å². The molecular weight excluding hydrogens is 313 g/mol. The molecule has 0 amide bonds. The summed E-state index contributed by atoms with van der Waals surface area (Å²) in [5, 5.41) is 14.4. The molecule has 0 radical (unpaired) electrons. The van der Waals surface area contributed by atoms with E-state index in [1.165, 1.54) is 6.42 Å². The Balaban J connectivity index is 1.42. The Morgan fingerprint density at radius 1 is 1.38 bits per heavy atom. The number of aliphatic hydroxyl groups is 1. The quantitative estimate of drug-likeness (QED) is 0.841. The molecule has 2 heterocycles. The van der Waals surface area contributed by atoms with E-state index in [9.17, 15) is 5.11 Å². The van der Waals surface area contributed by atoms with Gasteiger partial charge in [0.15, 0.2) is 0 Å². The Labute approximate surface area is 134 Å². The highest BCUT2D eigenvalue weighted by atomic mass is 35.5. The lowest BCUT2D eigenvalue weighted by molar-refractivity contribution is 0.0854. The van der Waals surface area contributed by atoms with Gasteiger partial charge in [-0.05, 0) is 31.4 Å². The Bertz CT molecular complexity index is 500. The SMILES string of the molecule is OC(CNC1CC2CCC1O2)COc1cc(Cl)ccc1Cl. The van der Waals surface area contributed by atoms with Crippen molar-refractivity contribution in [1.82, 2.24) is 5.32 Å². The largest absolute Gasteiger partial charge is 0.489 e. The van der Waals surface area contributed by atoms with Gasteiger partial charge in [0, 0.05) is 23.7 Å². The van der Waals surface area contributed by atoms with Crippen LogP contribution in [0.3, 0.4) is 0 Å². The van der Waals surface area contributed by atoms with Crippen LogP contribution in [0.5, 0.6) is 5.75 Å². The summed E-state index contributed by atoms with van der Waals surface area (Å²) in [7, 11) is 0. The van der Waals surface area contributed by atoms with Crippen LogP contribution in [0.25, 0.3) is 0 Å². The molecular formula is C15H19Cl2NO3. The molecule has 0 saturated carbocycles. The maximum atomic E-state index is 10.00. The molecule has 2 aliphatic heterocycles. The molecule has 4 unspecified atom stereocenters. The van der Waals surface area contributed by atoms with Crippen molar-refractivity contribution in [3.63, 3.8) is 0 Å². The van der Waals surface area contributed by atoms with Crippen molar-refractivity contribution in [2.75, 3.05) is 13.2 Å². The van der Waals surface area contributed by atoms with E-state index >= 15 is 0 Å². The average molecular weight is 332 g/mol. The lowest BCUT2D eigenvalue weighted by Gasteiger charge is -2.22. The van der Waals surface area contributed by atoms with Crippen LogP contribution < -0.4 is 10.1 Å². The van der Waals surface area contributed by atoms with Gasteiger partial charge < -0.3 is 19.9 Å². The summed E-state index contributed by atoms with van der Waals surface area (Å²) in [5.74, 6) is 0.492. The van der Waals surface area contributed by atoms with E-state index in [0.29, 0.717) is 40.6 Å². The fourth-order valence-corrected chi connectivity index (χ4v) is 3.31. The summed E-state index contributed by atoms with van der Waals surface area (Å²) in [6.07, 6.45) is 3.45. The number of ether oxygens (including phenoxy) is 2. The van der Waals surface area contributed by atoms with Gasteiger partial charge >= 0.3 is 0 Å². The standard InChI is InChI=1S/C15H19Cl2NO3/c16-9-1-3-12(17)15(5-9)20-8-10(19)7-18-13-6-11-2-4-14(13)21-11/h1,3,5,10-11,13-14,18-19H,2,4,6-8H2. The summed E-state index contributed by atoms with van der Waals surface area (Å²) < 4.78 is 11.3. The summed E-state index contributed by atoms with van der Waals surface area (Å²) in [6, 6.07) is 5.38. The molecule has 116 valence electrons. The number of hydrogen-bond acceptors (Lipinski definition) is 4. The minimum absolute atomic E-state index is 0.175. The lowest BCUT2D eigenvalue weighted by atomic mass is 9.95. The topological polar surface area (TPSA) is 50.7 Å². The Kier molecular flexibility index (Phi) is 4.92. The van der Waals surface area contributed by atoms with Gasteiger partial charge in [0.25, 0.3) is 0 Å². The van der Waals surface area contributed by atoms with Crippen molar-refractivity contribution in [3.05, 3.63) is 28.2 Å². The zero-order valence-electron chi connectivity index (χ0n) is 11.6. The van der Waals surface area contributed by atoms with E-state index in [1.54, 1.807) is 18.2 Å². The van der Waals surface area contributed by atoms with Crippen LogP contribution in [-0.4, -0.2) is 42.6 Å². The van der Waals surface area contributed by atoms with Gasteiger partial charge in [-0.15, -0.1) is 0 Å². The Morgan fingerprint density at radius 3 is 2.95 bits per heavy atom. The molecule has 2 bridgehead atoms. The number of halogens is 2. The van der Waals surface area contributed by atoms with Crippen molar-refractivity contribution in [2.45, 2.75) is 43.6 Å². The molecule has 6 heteroatoms. The van der Waals surface area contributed by atoms with Crippen molar-refractivity contribution < 1.29 is 14.6 Å². The third-order valence-electron chi connectivity index (χ3n) is 4.05. The maximum absolute atomic E-state index is 10.00. The average Bonchev–Trinajstić information content (AvgIpc) is 3.08. The smallest absolute Gasteiger partial charge is 0.139 e. The van der Waals surface area contributed by atoms with E-state index in [2.05, 4.69) is 5.32 Å². The molecule has 0 aromatic heterocycles. The number of fused-ring (bicyclic) bond motifs is 2. The normalized spacial score (nSPS) is 28.8. The number of aliphatic hydroxyl groups excluding tert-OH is 1. The third kappa shape index (κ3) is 3.82. The molecule has 2 aliphatic rings. The van der Waals surface area contributed by atoms with Crippen LogP contribution >= 0.6 is 23.2 Å². The molecule has 1 aromatic rings. The van der Waals surface area contributed by atoms with Gasteiger partial charge in [-0.25, -0.2) is 0 Å². The van der Waals surface area contributed by atoms with Gasteiger partial charge in [-0.2, -0.15) is 0 Å². The number of rotatable bonds is 6. The van der Waals surface area contributed by atoms with E-state index < -0.39 is 6.10 Å². The van der Waals surface area contributed by atoms with Gasteiger partial charge in [-0.1, -0.05) is 23.2 Å². The van der Waals surface area contributed by atoms with Crippen molar-refractivity contribution in [1.29, 1.82) is 0 Å². The molecule has 1 aromatic carbocycles. The first-order valence-electron chi connectivity index (χ1n) is 7.26. The van der Waals surface area contributed by atoms with E-state index in [1.807, 2.05) is 0 Å². The molecule has 0 aliphatic carbocycles. The number of nitrogens with one attached hydrogen (secondary N) is 1. The lowest BCUT2D eigenvalue weighted by Crippen LogP contribution is -2.42. The second-order valence-corrected chi connectivity index (χ2v) is 6.51. The van der Waals surface area contributed by atoms with Gasteiger partial charge in [0.05, 0.1) is 17.2 Å². The minimum atomic E-state index is -0.598. The highest BCUT2D eigenvalue weighted by molar-refractivity contribution is 6.34. The Hall–Kier alpha value is -0.520. The fourth-order valence-electron chi connectivity index (χ4n) is 2.97. The molecule has 2 N–H and O–H groups in total. The second-order valence-electron chi connectivity index (χ2n) is 5.66. The van der Waals surface area contributed by atoms with Crippen molar-refractivity contribution in [2.24, 2.45) is 0 Å². The van der Waals surface area contributed by atoms with Gasteiger partial charge in [0.2, 0.25) is 0 Å². The van der Waals surface area contributed by atoms with E-state index in [-0.39, 0.29) is 6.61 Å². The molecule has 0 spiro atoms. The summed E-state index contributed by atoms with van der Waals surface area (Å²) in [5.41, 5.74) is 0. The highest BCUT2D eigenvalue weighted by Gasteiger charge is 2.40. The highest BCUT2D eigenvalue weighted by Crippen LogP contribution is 2.34. The Morgan fingerprint density at radius 2 is 2.24 bits per heavy atom. The summed E-state index contributed by atoms with van der Waals surface area (Å²) >= 11 is 11.9. The van der Waals surface area contributed by atoms with Gasteiger partial charge in [0.1, 0.15) is 18.5 Å². The zero-order valence-corrected chi connectivity index (χ0v) is 13.1. The van der Waals surface area contributed by atoms with Crippen LogP contribution in [0, 0.1) is 0 Å². The van der Waals surface area contributed by atoms with Crippen LogP contribution in [0.15, 0.2) is 18.2 Å². The van der Waals surface area contributed by atoms with Crippen LogP contribution in [0.4, 0.5) is 0 Å². The summed E-state index contributed by atoms with van der Waals surface area (Å²) in [6.45, 7) is 0.657. The summed E-state index contributed by atoms with van der Waals surface area (Å²) in [4.78, 5) is 0. The first-order valence-corrected chi connectivity index (χ1v) is 8.02. The monoisotopic (exact) mass is 331 g/mol. The van der Waals surface area contributed by atoms with Crippen molar-refractivity contribution in [3.8, 4) is 5.75 Å². The molecule has 2 fully saturated rings. The molecule has 4 nitrogen and oxygen atoms in total. The van der Waals surface area contributed by atoms with Crippen molar-refractivity contribution >= 4 is 23.2 Å².